The van der Waals surface area contributed by atoms with E-state index in [9.17, 15) is 9.59 Å². The number of rotatable bonds is 0. The van der Waals surface area contributed by atoms with Gasteiger partial charge in [0.15, 0.2) is 0 Å². The first-order valence-electron chi connectivity index (χ1n) is 3.62. The molecular formula is C6H7IN4O2. The summed E-state index contributed by atoms with van der Waals surface area (Å²) in [5.74, 6) is 0.558. The molecule has 0 saturated heterocycles. The maximum Gasteiger partial charge on any atom is 0.339 e. The normalized spacial score (nSPS) is 14.2. The molecule has 0 atom stereocenters. The Morgan fingerprint density at radius 1 is 1.46 bits per heavy atom. The van der Waals surface area contributed by atoms with E-state index >= 15 is 0 Å². The first-order valence-corrected chi connectivity index (χ1v) is 4.58. The van der Waals surface area contributed by atoms with Gasteiger partial charge in [0.05, 0.1) is 29.5 Å². The van der Waals surface area contributed by atoms with E-state index in [-0.39, 0.29) is 5.56 Å². The smallest absolute Gasteiger partial charge is 0.339 e. The summed E-state index contributed by atoms with van der Waals surface area (Å²) in [6.45, 7) is 0.543. The number of anilines is 2. The molecule has 1 aromatic heterocycles. The van der Waals surface area contributed by atoms with Crippen molar-refractivity contribution in [2.24, 2.45) is 0 Å². The summed E-state index contributed by atoms with van der Waals surface area (Å²) in [7, 11) is 1.80. The summed E-state index contributed by atoms with van der Waals surface area (Å²) >= 11 is 1.67. The first kappa shape index (κ1) is 8.60. The second-order valence-corrected chi connectivity index (χ2v) is 3.74. The summed E-state index contributed by atoms with van der Waals surface area (Å²) in [5, 5.41) is 2.90. The highest BCUT2D eigenvalue weighted by atomic mass is 127. The molecule has 1 aliphatic rings. The highest BCUT2D eigenvalue weighted by Crippen LogP contribution is 2.21. The molecular weight excluding hydrogens is 287 g/mol. The van der Waals surface area contributed by atoms with Gasteiger partial charge in [0.25, 0.3) is 5.56 Å². The van der Waals surface area contributed by atoms with Crippen LogP contribution in [-0.4, -0.2) is 21.5 Å². The second kappa shape index (κ2) is 2.76. The van der Waals surface area contributed by atoms with E-state index in [1.165, 1.54) is 0 Å². The summed E-state index contributed by atoms with van der Waals surface area (Å²) in [5.41, 5.74) is -0.250. The molecule has 0 amide bonds. The van der Waals surface area contributed by atoms with Gasteiger partial charge in [0, 0.05) is 7.05 Å². The van der Waals surface area contributed by atoms with Crippen LogP contribution in [0.15, 0.2) is 9.59 Å². The molecule has 0 bridgehead atoms. The molecule has 1 aromatic rings. The van der Waals surface area contributed by atoms with Crippen molar-refractivity contribution in [1.29, 1.82) is 0 Å². The number of nitrogens with zero attached hydrogens (tertiary/aromatic N) is 2. The summed E-state index contributed by atoms with van der Waals surface area (Å²) < 4.78 is 1.02. The third-order valence-electron chi connectivity index (χ3n) is 1.91. The minimum Gasteiger partial charge on any atom is -0.360 e. The largest absolute Gasteiger partial charge is 0.360 e. The van der Waals surface area contributed by atoms with Gasteiger partial charge < -0.3 is 10.2 Å². The van der Waals surface area contributed by atoms with E-state index in [2.05, 4.69) is 10.3 Å². The zero-order chi connectivity index (χ0) is 9.59. The van der Waals surface area contributed by atoms with Gasteiger partial charge in [-0.3, -0.25) is 9.78 Å². The maximum atomic E-state index is 11.5. The zero-order valence-electron chi connectivity index (χ0n) is 6.80. The van der Waals surface area contributed by atoms with Crippen LogP contribution in [-0.2, 0) is 0 Å². The predicted molar refractivity (Wildman–Crippen MR) is 57.6 cm³/mol. The molecule has 0 saturated carbocycles. The fourth-order valence-electron chi connectivity index (χ4n) is 1.23. The molecule has 0 unspecified atom stereocenters. The van der Waals surface area contributed by atoms with Gasteiger partial charge in [-0.2, -0.15) is 2.78 Å². The molecule has 7 heteroatoms. The van der Waals surface area contributed by atoms with Crippen LogP contribution in [0.3, 0.4) is 0 Å². The molecule has 0 aromatic carbocycles. The molecule has 2 N–H and O–H groups in total. The topological polar surface area (TPSA) is 70.1 Å². The van der Waals surface area contributed by atoms with E-state index in [1.807, 2.05) is 0 Å². The first-order chi connectivity index (χ1) is 6.11. The lowest BCUT2D eigenvalue weighted by molar-refractivity contribution is 0.970. The molecule has 70 valence electrons. The van der Waals surface area contributed by atoms with Crippen molar-refractivity contribution in [3.63, 3.8) is 0 Å². The van der Waals surface area contributed by atoms with Crippen molar-refractivity contribution >= 4 is 34.4 Å². The van der Waals surface area contributed by atoms with Gasteiger partial charge in [-0.15, -0.1) is 0 Å². The van der Waals surface area contributed by atoms with E-state index in [0.717, 1.165) is 2.78 Å². The van der Waals surface area contributed by atoms with Crippen LogP contribution < -0.4 is 21.5 Å². The second-order valence-electron chi connectivity index (χ2n) is 2.77. The average molecular weight is 294 g/mol. The third kappa shape index (κ3) is 1.14. The number of nitrogens with one attached hydrogen (secondary N) is 2. The van der Waals surface area contributed by atoms with Crippen molar-refractivity contribution in [3.8, 4) is 0 Å². The molecule has 2 heterocycles. The Bertz CT molecular complexity index is 463. The van der Waals surface area contributed by atoms with Crippen LogP contribution in [0.5, 0.6) is 0 Å². The summed E-state index contributed by atoms with van der Waals surface area (Å²) in [4.78, 5) is 27.0. The number of fused-ring (bicyclic) bond motifs is 1. The molecule has 2 rings (SSSR count). The number of hydrogen-bond acceptors (Lipinski definition) is 4. The van der Waals surface area contributed by atoms with Gasteiger partial charge in [-0.25, -0.2) is 4.79 Å². The van der Waals surface area contributed by atoms with Gasteiger partial charge >= 0.3 is 5.69 Å². The molecule has 13 heavy (non-hydrogen) atoms. The molecule has 1 aliphatic heterocycles. The zero-order valence-corrected chi connectivity index (χ0v) is 8.95. The Morgan fingerprint density at radius 2 is 2.15 bits per heavy atom. The van der Waals surface area contributed by atoms with Crippen LogP contribution >= 0.6 is 22.9 Å². The Kier molecular flexibility index (Phi) is 1.82. The number of halogens is 1. The number of hydrogen-bond donors (Lipinski definition) is 2. The van der Waals surface area contributed by atoms with Gasteiger partial charge in [-0.05, 0) is 0 Å². The Morgan fingerprint density at radius 3 is 2.85 bits per heavy atom. The third-order valence-corrected chi connectivity index (χ3v) is 2.78. The predicted octanol–water partition coefficient (Wildman–Crippen LogP) is -0.446. The van der Waals surface area contributed by atoms with Crippen molar-refractivity contribution in [3.05, 3.63) is 20.8 Å². The average Bonchev–Trinajstić information content (AvgIpc) is 2.45. The summed E-state index contributed by atoms with van der Waals surface area (Å²) in [6, 6.07) is 0. The molecule has 0 fully saturated rings. The van der Waals surface area contributed by atoms with Crippen molar-refractivity contribution in [1.82, 2.24) is 7.76 Å². The fraction of sp³-hybridized carbons (Fsp3) is 0.333. The Hall–Kier alpha value is -0.990. The van der Waals surface area contributed by atoms with Crippen molar-refractivity contribution in [2.75, 3.05) is 23.9 Å². The van der Waals surface area contributed by atoms with E-state index in [0.29, 0.717) is 18.2 Å². The lowest BCUT2D eigenvalue weighted by atomic mass is 10.5. The molecule has 0 aliphatic carbocycles. The summed E-state index contributed by atoms with van der Waals surface area (Å²) in [6.07, 6.45) is 0. The molecule has 6 nitrogen and oxygen atoms in total. The fourth-order valence-corrected chi connectivity index (χ4v) is 1.59. The monoisotopic (exact) mass is 294 g/mol. The van der Waals surface area contributed by atoms with E-state index in [1.54, 1.807) is 34.8 Å². The SMILES string of the molecule is CN1CNc2c1[nH]c(=O)n(I)c2=O. The quantitative estimate of drug-likeness (QED) is 0.636. The van der Waals surface area contributed by atoms with Crippen LogP contribution in [0, 0.1) is 0 Å². The Labute approximate surface area is 87.1 Å². The van der Waals surface area contributed by atoms with Crippen LogP contribution in [0.4, 0.5) is 11.5 Å². The number of aromatic amines is 1. The molecule has 0 spiro atoms. The molecule has 0 radical (unpaired) electrons. The highest BCUT2D eigenvalue weighted by Gasteiger charge is 2.21. The van der Waals surface area contributed by atoms with Gasteiger partial charge in [-0.1, -0.05) is 0 Å². The van der Waals surface area contributed by atoms with E-state index < -0.39 is 5.69 Å². The standard InChI is InChI=1S/C6H7IN4O2/c1-10-2-8-3-4(10)9-6(13)11(7)5(3)12/h8H,2H2,1H3,(H,9,13). The van der Waals surface area contributed by atoms with E-state index in [4.69, 9.17) is 0 Å². The van der Waals surface area contributed by atoms with Gasteiger partial charge in [0.1, 0.15) is 11.5 Å². The van der Waals surface area contributed by atoms with Crippen LogP contribution in [0.1, 0.15) is 0 Å². The highest BCUT2D eigenvalue weighted by molar-refractivity contribution is 14.1. The van der Waals surface area contributed by atoms with Crippen LogP contribution in [0.25, 0.3) is 0 Å². The van der Waals surface area contributed by atoms with Crippen molar-refractivity contribution < 1.29 is 0 Å². The number of aromatic nitrogens is 2. The van der Waals surface area contributed by atoms with Gasteiger partial charge in [0.2, 0.25) is 0 Å². The van der Waals surface area contributed by atoms with Crippen LogP contribution in [0.2, 0.25) is 0 Å². The Balaban J connectivity index is 2.82. The minimum atomic E-state index is -0.403. The number of H-pyrrole nitrogens is 1. The van der Waals surface area contributed by atoms with Crippen molar-refractivity contribution in [2.45, 2.75) is 0 Å². The maximum absolute atomic E-state index is 11.5. The lowest BCUT2D eigenvalue weighted by Gasteiger charge is -2.08. The lowest BCUT2D eigenvalue weighted by Crippen LogP contribution is -2.29. The minimum absolute atomic E-state index is 0.302.